The number of thioether (sulfide) groups is 1. The van der Waals surface area contributed by atoms with Crippen LogP contribution in [0, 0.1) is 0 Å². The number of carbonyl (C=O) groups is 1. The molecule has 1 aromatic rings. The fourth-order valence-corrected chi connectivity index (χ4v) is 2.03. The van der Waals surface area contributed by atoms with Gasteiger partial charge in [0.15, 0.2) is 0 Å². The number of nitrogens with two attached hydrogens (primary N) is 1. The number of ether oxygens (including phenoxy) is 2. The summed E-state index contributed by atoms with van der Waals surface area (Å²) in [6, 6.07) is 1.58. The SMILES string of the molecule is CCOC(=O)c1cc(N)cnc1SCCOC. The van der Waals surface area contributed by atoms with E-state index < -0.39 is 5.97 Å². The van der Waals surface area contributed by atoms with Crippen molar-refractivity contribution < 1.29 is 14.3 Å². The molecule has 0 fully saturated rings. The third kappa shape index (κ3) is 4.24. The maximum atomic E-state index is 11.7. The average molecular weight is 256 g/mol. The monoisotopic (exact) mass is 256 g/mol. The van der Waals surface area contributed by atoms with Crippen molar-refractivity contribution in [3.05, 3.63) is 17.8 Å². The van der Waals surface area contributed by atoms with Gasteiger partial charge in [-0.1, -0.05) is 0 Å². The molecule has 0 atom stereocenters. The summed E-state index contributed by atoms with van der Waals surface area (Å²) < 4.78 is 9.90. The molecule has 1 heterocycles. The number of pyridine rings is 1. The van der Waals surface area contributed by atoms with Crippen molar-refractivity contribution in [1.29, 1.82) is 0 Å². The molecule has 1 rings (SSSR count). The van der Waals surface area contributed by atoms with E-state index in [-0.39, 0.29) is 0 Å². The number of hydrogen-bond acceptors (Lipinski definition) is 6. The molecule has 0 aromatic carbocycles. The first-order valence-electron chi connectivity index (χ1n) is 5.23. The molecule has 1 aromatic heterocycles. The molecular weight excluding hydrogens is 240 g/mol. The van der Waals surface area contributed by atoms with Crippen LogP contribution in [0.25, 0.3) is 0 Å². The van der Waals surface area contributed by atoms with Crippen molar-refractivity contribution in [1.82, 2.24) is 4.98 Å². The molecule has 0 saturated heterocycles. The molecule has 94 valence electrons. The highest BCUT2D eigenvalue weighted by Crippen LogP contribution is 2.22. The molecule has 0 aliphatic carbocycles. The number of carbonyl (C=O) groups excluding carboxylic acids is 1. The summed E-state index contributed by atoms with van der Waals surface area (Å²) >= 11 is 1.44. The van der Waals surface area contributed by atoms with Crippen LogP contribution >= 0.6 is 11.8 Å². The Morgan fingerprint density at radius 1 is 1.59 bits per heavy atom. The summed E-state index contributed by atoms with van der Waals surface area (Å²) in [7, 11) is 1.63. The molecule has 0 radical (unpaired) electrons. The maximum absolute atomic E-state index is 11.7. The summed E-state index contributed by atoms with van der Waals surface area (Å²) in [5.41, 5.74) is 6.47. The first-order valence-corrected chi connectivity index (χ1v) is 6.22. The van der Waals surface area contributed by atoms with Crippen molar-refractivity contribution in [2.45, 2.75) is 11.9 Å². The first-order chi connectivity index (χ1) is 8.19. The van der Waals surface area contributed by atoms with E-state index in [2.05, 4.69) is 4.98 Å². The molecular formula is C11H16N2O3S. The van der Waals surface area contributed by atoms with Crippen molar-refractivity contribution in [2.24, 2.45) is 0 Å². The van der Waals surface area contributed by atoms with E-state index in [1.807, 2.05) is 0 Å². The highest BCUT2D eigenvalue weighted by atomic mass is 32.2. The second-order valence-electron chi connectivity index (χ2n) is 3.18. The summed E-state index contributed by atoms with van der Waals surface area (Å²) in [5.74, 6) is 0.326. The number of methoxy groups -OCH3 is 1. The van der Waals surface area contributed by atoms with Gasteiger partial charge in [0.05, 0.1) is 30.7 Å². The van der Waals surface area contributed by atoms with Gasteiger partial charge in [-0.2, -0.15) is 0 Å². The van der Waals surface area contributed by atoms with E-state index in [0.717, 1.165) is 5.75 Å². The molecule has 6 heteroatoms. The predicted octanol–water partition coefficient (Wildman–Crippen LogP) is 1.58. The van der Waals surface area contributed by atoms with Gasteiger partial charge in [0, 0.05) is 12.9 Å². The van der Waals surface area contributed by atoms with Gasteiger partial charge in [-0.3, -0.25) is 0 Å². The topological polar surface area (TPSA) is 74.4 Å². The molecule has 0 amide bonds. The fourth-order valence-electron chi connectivity index (χ4n) is 1.16. The molecule has 17 heavy (non-hydrogen) atoms. The zero-order chi connectivity index (χ0) is 12.7. The van der Waals surface area contributed by atoms with E-state index in [0.29, 0.717) is 29.5 Å². The lowest BCUT2D eigenvalue weighted by atomic mass is 10.3. The quantitative estimate of drug-likeness (QED) is 0.473. The van der Waals surface area contributed by atoms with Crippen molar-refractivity contribution in [3.63, 3.8) is 0 Å². The lowest BCUT2D eigenvalue weighted by Crippen LogP contribution is -2.08. The Kier molecular flexibility index (Phi) is 5.79. The van der Waals surface area contributed by atoms with Gasteiger partial charge in [-0.15, -0.1) is 11.8 Å². The molecule has 0 bridgehead atoms. The van der Waals surface area contributed by atoms with Gasteiger partial charge >= 0.3 is 5.97 Å². The van der Waals surface area contributed by atoms with Gasteiger partial charge in [0.2, 0.25) is 0 Å². The van der Waals surface area contributed by atoms with E-state index in [1.54, 1.807) is 20.1 Å². The molecule has 0 aliphatic rings. The van der Waals surface area contributed by atoms with E-state index in [4.69, 9.17) is 15.2 Å². The number of aromatic nitrogens is 1. The van der Waals surface area contributed by atoms with Crippen molar-refractivity contribution >= 4 is 23.4 Å². The van der Waals surface area contributed by atoms with E-state index in [9.17, 15) is 4.79 Å². The molecule has 0 aliphatic heterocycles. The number of rotatable bonds is 6. The number of hydrogen-bond donors (Lipinski definition) is 1. The lowest BCUT2D eigenvalue weighted by molar-refractivity contribution is 0.0521. The van der Waals surface area contributed by atoms with Crippen LogP contribution in [0.15, 0.2) is 17.3 Å². The summed E-state index contributed by atoms with van der Waals surface area (Å²) in [5, 5.41) is 0.620. The van der Waals surface area contributed by atoms with E-state index >= 15 is 0 Å². The molecule has 2 N–H and O–H groups in total. The molecule has 0 saturated carbocycles. The van der Waals surface area contributed by atoms with Crippen LogP contribution in [-0.2, 0) is 9.47 Å². The zero-order valence-electron chi connectivity index (χ0n) is 9.93. The Labute approximate surface area is 105 Å². The van der Waals surface area contributed by atoms with Gasteiger partial charge in [-0.05, 0) is 13.0 Å². The van der Waals surface area contributed by atoms with E-state index in [1.165, 1.54) is 18.0 Å². The number of esters is 1. The highest BCUT2D eigenvalue weighted by Gasteiger charge is 2.14. The Hall–Kier alpha value is -1.27. The standard InChI is InChI=1S/C11H16N2O3S/c1-3-16-11(14)9-6-8(12)7-13-10(9)17-5-4-15-2/h6-7H,3-5,12H2,1-2H3. The molecule has 0 spiro atoms. The molecule has 0 unspecified atom stereocenters. The number of nitrogens with zero attached hydrogens (tertiary/aromatic N) is 1. The Morgan fingerprint density at radius 3 is 3.00 bits per heavy atom. The van der Waals surface area contributed by atoms with Gasteiger partial charge in [-0.25, -0.2) is 9.78 Å². The Bertz CT molecular complexity index is 385. The summed E-state index contributed by atoms with van der Waals surface area (Å²) in [4.78, 5) is 15.8. The van der Waals surface area contributed by atoms with Gasteiger partial charge in [0.25, 0.3) is 0 Å². The minimum atomic E-state index is -0.396. The Balaban J connectivity index is 2.83. The third-order valence-electron chi connectivity index (χ3n) is 1.89. The predicted molar refractivity (Wildman–Crippen MR) is 67.2 cm³/mol. The van der Waals surface area contributed by atoms with Gasteiger partial charge in [0.1, 0.15) is 5.03 Å². The third-order valence-corrected chi connectivity index (χ3v) is 2.86. The minimum absolute atomic E-state index is 0.329. The highest BCUT2D eigenvalue weighted by molar-refractivity contribution is 7.99. The molecule has 5 nitrogen and oxygen atoms in total. The second-order valence-corrected chi connectivity index (χ2v) is 4.27. The summed E-state index contributed by atoms with van der Waals surface area (Å²) in [6.45, 7) is 2.68. The Morgan fingerprint density at radius 2 is 2.35 bits per heavy atom. The van der Waals surface area contributed by atoms with Crippen LogP contribution in [0.5, 0.6) is 0 Å². The minimum Gasteiger partial charge on any atom is -0.462 e. The number of anilines is 1. The lowest BCUT2D eigenvalue weighted by Gasteiger charge is -2.08. The zero-order valence-corrected chi connectivity index (χ0v) is 10.8. The van der Waals surface area contributed by atoms with Crippen LogP contribution in [0.1, 0.15) is 17.3 Å². The van der Waals surface area contributed by atoms with Crippen molar-refractivity contribution in [2.75, 3.05) is 31.8 Å². The average Bonchev–Trinajstić information content (AvgIpc) is 2.31. The summed E-state index contributed by atoms with van der Waals surface area (Å²) in [6.07, 6.45) is 1.53. The fraction of sp³-hybridized carbons (Fsp3) is 0.455. The van der Waals surface area contributed by atoms with Crippen LogP contribution in [0.4, 0.5) is 5.69 Å². The van der Waals surface area contributed by atoms with Crippen molar-refractivity contribution in [3.8, 4) is 0 Å². The smallest absolute Gasteiger partial charge is 0.340 e. The second kappa shape index (κ2) is 7.13. The van der Waals surface area contributed by atoms with Crippen LogP contribution in [-0.4, -0.2) is 37.0 Å². The number of nitrogen functional groups attached to an aromatic ring is 1. The van der Waals surface area contributed by atoms with Gasteiger partial charge < -0.3 is 15.2 Å². The first kappa shape index (κ1) is 13.8. The largest absolute Gasteiger partial charge is 0.462 e. The van der Waals surface area contributed by atoms with Crippen LogP contribution in [0.2, 0.25) is 0 Å². The van der Waals surface area contributed by atoms with Crippen LogP contribution in [0.3, 0.4) is 0 Å². The maximum Gasteiger partial charge on any atom is 0.340 e. The van der Waals surface area contributed by atoms with Crippen LogP contribution < -0.4 is 5.73 Å². The normalized spacial score (nSPS) is 10.2.